The van der Waals surface area contributed by atoms with Crippen molar-refractivity contribution in [3.8, 4) is 11.4 Å². The molecule has 0 N–H and O–H groups in total. The number of carbonyl (C=O) groups excluding carboxylic acids is 1. The Morgan fingerprint density at radius 3 is 2.69 bits per heavy atom. The zero-order chi connectivity index (χ0) is 18.1. The highest BCUT2D eigenvalue weighted by Gasteiger charge is 2.35. The number of amides is 1. The minimum atomic E-state index is -0.0739. The third-order valence-electron chi connectivity index (χ3n) is 4.80. The van der Waals surface area contributed by atoms with E-state index >= 15 is 0 Å². The van der Waals surface area contributed by atoms with Crippen molar-refractivity contribution in [3.63, 3.8) is 0 Å². The van der Waals surface area contributed by atoms with Crippen LogP contribution in [0, 0.1) is 0 Å². The van der Waals surface area contributed by atoms with Crippen molar-refractivity contribution < 1.29 is 9.32 Å². The molecule has 1 fully saturated rings. The Labute approximate surface area is 152 Å². The summed E-state index contributed by atoms with van der Waals surface area (Å²) in [6.45, 7) is 4.87. The lowest BCUT2D eigenvalue weighted by atomic mass is 10.0. The van der Waals surface area contributed by atoms with E-state index in [2.05, 4.69) is 36.1 Å². The monoisotopic (exact) mass is 347 g/mol. The van der Waals surface area contributed by atoms with E-state index < -0.39 is 0 Å². The highest BCUT2D eigenvalue weighted by molar-refractivity contribution is 5.96. The van der Waals surface area contributed by atoms with Crippen LogP contribution in [-0.4, -0.2) is 22.6 Å². The molecule has 26 heavy (non-hydrogen) atoms. The molecule has 1 aliphatic heterocycles. The predicted octanol–water partition coefficient (Wildman–Crippen LogP) is 4.38. The third kappa shape index (κ3) is 3.12. The number of hydrogen-bond acceptors (Lipinski definition) is 4. The second kappa shape index (κ2) is 6.75. The van der Waals surface area contributed by atoms with Crippen LogP contribution in [0.15, 0.2) is 59.1 Å². The largest absolute Gasteiger partial charge is 0.339 e. The maximum atomic E-state index is 12.6. The highest BCUT2D eigenvalue weighted by atomic mass is 16.5. The molecule has 0 spiro atoms. The highest BCUT2D eigenvalue weighted by Crippen LogP contribution is 2.33. The van der Waals surface area contributed by atoms with Crippen molar-refractivity contribution in [2.24, 2.45) is 0 Å². The van der Waals surface area contributed by atoms with E-state index in [1.165, 1.54) is 5.56 Å². The SMILES string of the molecule is CC(C)c1cccc(N2CC(c3nc(-c4ccccc4)no3)CC2=O)c1. The second-order valence-electron chi connectivity index (χ2n) is 6.98. The predicted molar refractivity (Wildman–Crippen MR) is 100.0 cm³/mol. The number of aromatic nitrogens is 2. The molecule has 1 aromatic heterocycles. The summed E-state index contributed by atoms with van der Waals surface area (Å²) in [4.78, 5) is 18.9. The van der Waals surface area contributed by atoms with Crippen LogP contribution in [0.25, 0.3) is 11.4 Å². The fourth-order valence-electron chi connectivity index (χ4n) is 3.28. The lowest BCUT2D eigenvalue weighted by Crippen LogP contribution is -2.24. The summed E-state index contributed by atoms with van der Waals surface area (Å²) in [7, 11) is 0. The summed E-state index contributed by atoms with van der Waals surface area (Å²) >= 11 is 0. The first kappa shape index (κ1) is 16.5. The van der Waals surface area contributed by atoms with Crippen LogP contribution in [0.5, 0.6) is 0 Å². The number of carbonyl (C=O) groups is 1. The molecule has 1 atom stereocenters. The zero-order valence-corrected chi connectivity index (χ0v) is 14.9. The van der Waals surface area contributed by atoms with Crippen molar-refractivity contribution in [1.29, 1.82) is 0 Å². The number of nitrogens with zero attached hydrogens (tertiary/aromatic N) is 3. The fourth-order valence-corrected chi connectivity index (χ4v) is 3.28. The normalized spacial score (nSPS) is 17.3. The summed E-state index contributed by atoms with van der Waals surface area (Å²) in [6.07, 6.45) is 0.391. The van der Waals surface area contributed by atoms with Gasteiger partial charge in [-0.2, -0.15) is 4.98 Å². The van der Waals surface area contributed by atoms with Gasteiger partial charge in [-0.25, -0.2) is 0 Å². The molecular weight excluding hydrogens is 326 g/mol. The van der Waals surface area contributed by atoms with Gasteiger partial charge in [0.2, 0.25) is 17.6 Å². The van der Waals surface area contributed by atoms with E-state index in [0.717, 1.165) is 11.3 Å². The van der Waals surface area contributed by atoms with Gasteiger partial charge in [-0.1, -0.05) is 61.5 Å². The van der Waals surface area contributed by atoms with Gasteiger partial charge in [-0.15, -0.1) is 0 Å². The quantitative estimate of drug-likeness (QED) is 0.703. The molecule has 0 bridgehead atoms. The van der Waals surface area contributed by atoms with Gasteiger partial charge in [-0.05, 0) is 23.6 Å². The number of hydrogen-bond donors (Lipinski definition) is 0. The molecule has 1 aliphatic rings. The van der Waals surface area contributed by atoms with E-state index in [1.807, 2.05) is 47.4 Å². The second-order valence-corrected chi connectivity index (χ2v) is 6.98. The van der Waals surface area contributed by atoms with Crippen molar-refractivity contribution in [2.45, 2.75) is 32.1 Å². The average molecular weight is 347 g/mol. The van der Waals surface area contributed by atoms with Gasteiger partial charge < -0.3 is 9.42 Å². The van der Waals surface area contributed by atoms with E-state index in [9.17, 15) is 4.79 Å². The molecule has 1 amide bonds. The van der Waals surface area contributed by atoms with E-state index in [4.69, 9.17) is 4.52 Å². The molecule has 1 unspecified atom stereocenters. The average Bonchev–Trinajstić information content (AvgIpc) is 3.29. The summed E-state index contributed by atoms with van der Waals surface area (Å²) < 4.78 is 5.46. The van der Waals surface area contributed by atoms with Crippen LogP contribution in [0.2, 0.25) is 0 Å². The Hall–Kier alpha value is -2.95. The van der Waals surface area contributed by atoms with Crippen LogP contribution < -0.4 is 4.90 Å². The molecule has 0 saturated carbocycles. The van der Waals surface area contributed by atoms with E-state index in [1.54, 1.807) is 0 Å². The lowest BCUT2D eigenvalue weighted by Gasteiger charge is -2.18. The summed E-state index contributed by atoms with van der Waals surface area (Å²) in [5.41, 5.74) is 3.07. The topological polar surface area (TPSA) is 59.2 Å². The van der Waals surface area contributed by atoms with Crippen molar-refractivity contribution >= 4 is 11.6 Å². The first-order valence-electron chi connectivity index (χ1n) is 8.91. The van der Waals surface area contributed by atoms with Crippen LogP contribution in [0.1, 0.15) is 43.6 Å². The van der Waals surface area contributed by atoms with Crippen molar-refractivity contribution in [2.75, 3.05) is 11.4 Å². The van der Waals surface area contributed by atoms with E-state index in [0.29, 0.717) is 30.6 Å². The maximum Gasteiger partial charge on any atom is 0.232 e. The molecule has 5 heteroatoms. The molecule has 5 nitrogen and oxygen atoms in total. The first-order valence-corrected chi connectivity index (χ1v) is 8.91. The lowest BCUT2D eigenvalue weighted by molar-refractivity contribution is -0.117. The number of rotatable bonds is 4. The molecule has 1 saturated heterocycles. The molecular formula is C21H21N3O2. The van der Waals surface area contributed by atoms with Crippen LogP contribution in [0.4, 0.5) is 5.69 Å². The van der Waals surface area contributed by atoms with Gasteiger partial charge in [0.05, 0.1) is 5.92 Å². The summed E-state index contributed by atoms with van der Waals surface area (Å²) in [5.74, 6) is 1.53. The molecule has 3 aromatic rings. The first-order chi connectivity index (χ1) is 12.6. The maximum absolute atomic E-state index is 12.6. The van der Waals surface area contributed by atoms with Crippen molar-refractivity contribution in [3.05, 3.63) is 66.1 Å². The molecule has 0 aliphatic carbocycles. The smallest absolute Gasteiger partial charge is 0.232 e. The van der Waals surface area contributed by atoms with Gasteiger partial charge in [0.15, 0.2) is 0 Å². The fraction of sp³-hybridized carbons (Fsp3) is 0.286. The number of anilines is 1. The van der Waals surface area contributed by atoms with Crippen LogP contribution >= 0.6 is 0 Å². The summed E-state index contributed by atoms with van der Waals surface area (Å²) in [5, 5.41) is 4.08. The Bertz CT molecular complexity index is 918. The molecule has 132 valence electrons. The molecule has 0 radical (unpaired) electrons. The Morgan fingerprint density at radius 2 is 1.92 bits per heavy atom. The standard InChI is InChI=1S/C21H21N3O2/c1-14(2)16-9-6-10-18(11-16)24-13-17(12-19(24)25)21-22-20(23-26-21)15-7-4-3-5-8-15/h3-11,14,17H,12-13H2,1-2H3. The Kier molecular flexibility index (Phi) is 4.29. The zero-order valence-electron chi connectivity index (χ0n) is 14.9. The van der Waals surface area contributed by atoms with Gasteiger partial charge in [0.25, 0.3) is 0 Å². The van der Waals surface area contributed by atoms with Gasteiger partial charge in [0.1, 0.15) is 0 Å². The Morgan fingerprint density at radius 1 is 1.12 bits per heavy atom. The van der Waals surface area contributed by atoms with Crippen molar-refractivity contribution in [1.82, 2.24) is 10.1 Å². The summed E-state index contributed by atoms with van der Waals surface area (Å²) in [6, 6.07) is 17.9. The molecule has 2 heterocycles. The minimum Gasteiger partial charge on any atom is -0.339 e. The van der Waals surface area contributed by atoms with Crippen LogP contribution in [-0.2, 0) is 4.79 Å². The Balaban J connectivity index is 1.55. The van der Waals surface area contributed by atoms with Gasteiger partial charge >= 0.3 is 0 Å². The van der Waals surface area contributed by atoms with Gasteiger partial charge in [0, 0.05) is 24.2 Å². The van der Waals surface area contributed by atoms with Gasteiger partial charge in [-0.3, -0.25) is 4.79 Å². The third-order valence-corrected chi connectivity index (χ3v) is 4.80. The van der Waals surface area contributed by atoms with Crippen LogP contribution in [0.3, 0.4) is 0 Å². The minimum absolute atomic E-state index is 0.0739. The molecule has 4 rings (SSSR count). The number of benzene rings is 2. The molecule has 2 aromatic carbocycles. The van der Waals surface area contributed by atoms with E-state index in [-0.39, 0.29) is 11.8 Å².